The molecule has 3 rings (SSSR count). The van der Waals surface area contributed by atoms with Crippen molar-refractivity contribution in [2.75, 3.05) is 6.61 Å². The number of aromatic carboxylic acids is 1. The predicted molar refractivity (Wildman–Crippen MR) is 68.2 cm³/mol. The van der Waals surface area contributed by atoms with Crippen LogP contribution < -0.4 is 4.74 Å². The molecule has 1 aromatic rings. The summed E-state index contributed by atoms with van der Waals surface area (Å²) in [6.45, 7) is 0.543. The zero-order chi connectivity index (χ0) is 13.6. The molecule has 1 aromatic carbocycles. The minimum absolute atomic E-state index is 0.143. The van der Waals surface area contributed by atoms with Crippen molar-refractivity contribution in [2.45, 2.75) is 19.3 Å². The molecule has 0 radical (unpaired) electrons. The van der Waals surface area contributed by atoms with Crippen molar-refractivity contribution < 1.29 is 19.0 Å². The third kappa shape index (κ3) is 2.29. The average Bonchev–Trinajstić information content (AvgIpc) is 2.81. The van der Waals surface area contributed by atoms with Crippen LogP contribution in [0.1, 0.15) is 29.6 Å². The van der Waals surface area contributed by atoms with E-state index in [0.717, 1.165) is 24.0 Å². The molecule has 0 amide bonds. The average molecular weight is 285 g/mol. The molecule has 2 aliphatic carbocycles. The summed E-state index contributed by atoms with van der Waals surface area (Å²) in [5.41, 5.74) is -0.430. The highest BCUT2D eigenvalue weighted by Crippen LogP contribution is 2.57. The molecule has 19 heavy (non-hydrogen) atoms. The predicted octanol–water partition coefficient (Wildman–Crippen LogP) is 3.60. The van der Waals surface area contributed by atoms with Crippen molar-refractivity contribution in [1.29, 1.82) is 0 Å². The van der Waals surface area contributed by atoms with E-state index < -0.39 is 17.3 Å². The molecule has 0 saturated heterocycles. The molecule has 3 atom stereocenters. The van der Waals surface area contributed by atoms with E-state index in [2.05, 4.69) is 0 Å². The number of fused-ring (bicyclic) bond motifs is 1. The van der Waals surface area contributed by atoms with Crippen LogP contribution >= 0.6 is 11.6 Å². The fourth-order valence-corrected chi connectivity index (χ4v) is 3.42. The van der Waals surface area contributed by atoms with Crippen LogP contribution in [0.15, 0.2) is 12.1 Å². The van der Waals surface area contributed by atoms with Crippen LogP contribution in [0.3, 0.4) is 0 Å². The number of carboxylic acids is 1. The molecule has 0 aliphatic heterocycles. The molecule has 0 aromatic heterocycles. The van der Waals surface area contributed by atoms with E-state index in [0.29, 0.717) is 12.5 Å². The summed E-state index contributed by atoms with van der Waals surface area (Å²) in [5, 5.41) is 8.92. The van der Waals surface area contributed by atoms with Gasteiger partial charge in [0.1, 0.15) is 11.6 Å². The second kappa shape index (κ2) is 4.67. The molecular formula is C14H14ClFO3. The van der Waals surface area contributed by atoms with Gasteiger partial charge in [0.05, 0.1) is 17.2 Å². The van der Waals surface area contributed by atoms with Gasteiger partial charge in [0.25, 0.3) is 0 Å². The molecule has 0 spiro atoms. The van der Waals surface area contributed by atoms with Crippen LogP contribution in [0, 0.1) is 23.6 Å². The first-order valence-electron chi connectivity index (χ1n) is 6.43. The van der Waals surface area contributed by atoms with E-state index in [1.54, 1.807) is 0 Å². The normalized spacial score (nSPS) is 28.0. The Morgan fingerprint density at radius 3 is 2.74 bits per heavy atom. The number of halogens is 2. The Hall–Kier alpha value is -1.29. The lowest BCUT2D eigenvalue weighted by Gasteiger charge is -2.10. The highest BCUT2D eigenvalue weighted by molar-refractivity contribution is 6.32. The first kappa shape index (κ1) is 12.7. The first-order chi connectivity index (χ1) is 9.08. The maximum atomic E-state index is 13.5. The first-order valence-corrected chi connectivity index (χ1v) is 6.81. The highest BCUT2D eigenvalue weighted by Gasteiger charge is 2.52. The second-order valence-electron chi connectivity index (χ2n) is 5.30. The number of hydrogen-bond acceptors (Lipinski definition) is 2. The standard InChI is InChI=1S/C14H14ClFO3/c15-11-4-9(14(17)18)12(16)5-13(11)19-6-10-7-2-1-3-8(7)10/h4-5,7-8,10H,1-3,6H2,(H,17,18)/t7-,8+,10+. The van der Waals surface area contributed by atoms with Crippen LogP contribution in [0.4, 0.5) is 4.39 Å². The Bertz CT molecular complexity index is 522. The Morgan fingerprint density at radius 1 is 1.42 bits per heavy atom. The Balaban J connectivity index is 1.68. The summed E-state index contributed by atoms with van der Waals surface area (Å²) in [6, 6.07) is 2.16. The fourth-order valence-electron chi connectivity index (χ4n) is 3.21. The van der Waals surface area contributed by atoms with Crippen LogP contribution in [-0.2, 0) is 0 Å². The van der Waals surface area contributed by atoms with Gasteiger partial charge in [-0.25, -0.2) is 9.18 Å². The SMILES string of the molecule is O=C(O)c1cc(Cl)c(OC[C@H]2[C@@H]3CCC[C@@H]32)cc1F. The molecule has 3 nitrogen and oxygen atoms in total. The lowest BCUT2D eigenvalue weighted by molar-refractivity contribution is 0.0692. The lowest BCUT2D eigenvalue weighted by atomic mass is 10.1. The topological polar surface area (TPSA) is 46.5 Å². The van der Waals surface area contributed by atoms with Crippen LogP contribution in [0.25, 0.3) is 0 Å². The minimum Gasteiger partial charge on any atom is -0.492 e. The molecule has 102 valence electrons. The number of carbonyl (C=O) groups is 1. The molecular weight excluding hydrogens is 271 g/mol. The van der Waals surface area contributed by atoms with E-state index in [-0.39, 0.29) is 10.8 Å². The van der Waals surface area contributed by atoms with Crippen LogP contribution in [0.2, 0.25) is 5.02 Å². The van der Waals surface area contributed by atoms with Gasteiger partial charge in [0.15, 0.2) is 0 Å². The molecule has 1 N–H and O–H groups in total. The van der Waals surface area contributed by atoms with E-state index in [4.69, 9.17) is 21.4 Å². The molecule has 2 saturated carbocycles. The van der Waals surface area contributed by atoms with Gasteiger partial charge in [-0.1, -0.05) is 18.0 Å². The molecule has 0 unspecified atom stereocenters. The maximum Gasteiger partial charge on any atom is 0.338 e. The fraction of sp³-hybridized carbons (Fsp3) is 0.500. The van der Waals surface area contributed by atoms with E-state index >= 15 is 0 Å². The van der Waals surface area contributed by atoms with Gasteiger partial charge in [-0.15, -0.1) is 0 Å². The summed E-state index contributed by atoms with van der Waals surface area (Å²) >= 11 is 5.91. The molecule has 0 bridgehead atoms. The minimum atomic E-state index is -1.33. The van der Waals surface area contributed by atoms with E-state index in [9.17, 15) is 9.18 Å². The number of hydrogen-bond donors (Lipinski definition) is 1. The van der Waals surface area contributed by atoms with Crippen molar-refractivity contribution in [3.63, 3.8) is 0 Å². The molecule has 2 fully saturated rings. The molecule has 2 aliphatic rings. The maximum absolute atomic E-state index is 13.5. The van der Waals surface area contributed by atoms with E-state index in [1.165, 1.54) is 19.3 Å². The monoisotopic (exact) mass is 284 g/mol. The van der Waals surface area contributed by atoms with Crippen molar-refractivity contribution in [1.82, 2.24) is 0 Å². The van der Waals surface area contributed by atoms with Crippen molar-refractivity contribution in [2.24, 2.45) is 17.8 Å². The Kier molecular flexibility index (Phi) is 3.13. The quantitative estimate of drug-likeness (QED) is 0.919. The lowest BCUT2D eigenvalue weighted by Crippen LogP contribution is -2.06. The van der Waals surface area contributed by atoms with Crippen LogP contribution in [0.5, 0.6) is 5.75 Å². The third-order valence-corrected chi connectivity index (χ3v) is 4.56. The molecule has 0 heterocycles. The van der Waals surface area contributed by atoms with E-state index in [1.807, 2.05) is 0 Å². The van der Waals surface area contributed by atoms with Gasteiger partial charge < -0.3 is 9.84 Å². The summed E-state index contributed by atoms with van der Waals surface area (Å²) in [4.78, 5) is 10.8. The number of carboxylic acid groups (broad SMARTS) is 1. The van der Waals surface area contributed by atoms with Crippen molar-refractivity contribution in [3.05, 3.63) is 28.5 Å². The second-order valence-corrected chi connectivity index (χ2v) is 5.71. The largest absolute Gasteiger partial charge is 0.492 e. The molecule has 5 heteroatoms. The van der Waals surface area contributed by atoms with Gasteiger partial charge in [-0.2, -0.15) is 0 Å². The number of benzene rings is 1. The van der Waals surface area contributed by atoms with Gasteiger partial charge in [-0.3, -0.25) is 0 Å². The number of rotatable bonds is 4. The van der Waals surface area contributed by atoms with Crippen molar-refractivity contribution >= 4 is 17.6 Å². The van der Waals surface area contributed by atoms with Gasteiger partial charge in [-0.05, 0) is 36.7 Å². The highest BCUT2D eigenvalue weighted by atomic mass is 35.5. The summed E-state index contributed by atoms with van der Waals surface area (Å²) in [6.07, 6.45) is 3.83. The van der Waals surface area contributed by atoms with Crippen molar-refractivity contribution in [3.8, 4) is 5.75 Å². The van der Waals surface area contributed by atoms with Gasteiger partial charge in [0, 0.05) is 6.07 Å². The zero-order valence-electron chi connectivity index (χ0n) is 10.2. The summed E-state index contributed by atoms with van der Waals surface area (Å²) in [7, 11) is 0. The number of ether oxygens (including phenoxy) is 1. The summed E-state index contributed by atoms with van der Waals surface area (Å²) in [5.74, 6) is 0.176. The van der Waals surface area contributed by atoms with Gasteiger partial charge >= 0.3 is 5.97 Å². The Morgan fingerprint density at radius 2 is 2.11 bits per heavy atom. The zero-order valence-corrected chi connectivity index (χ0v) is 11.0. The summed E-state index contributed by atoms with van der Waals surface area (Å²) < 4.78 is 19.1. The van der Waals surface area contributed by atoms with Crippen LogP contribution in [-0.4, -0.2) is 17.7 Å². The Labute approximate surface area is 115 Å². The van der Waals surface area contributed by atoms with Gasteiger partial charge in [0.2, 0.25) is 0 Å². The third-order valence-electron chi connectivity index (χ3n) is 4.27. The smallest absolute Gasteiger partial charge is 0.338 e.